The first kappa shape index (κ1) is 13.1. The number of nitrogens with one attached hydrogen (secondary N) is 1. The molecule has 0 aliphatic rings. The van der Waals surface area contributed by atoms with Crippen molar-refractivity contribution in [1.82, 2.24) is 10.0 Å². The predicted molar refractivity (Wildman–Crippen MR) is 73.5 cm³/mol. The van der Waals surface area contributed by atoms with Crippen LogP contribution in [0.15, 0.2) is 29.1 Å². The fourth-order valence-electron chi connectivity index (χ4n) is 2.00. The molecule has 0 saturated heterocycles. The number of nitrogens with zero attached hydrogens (tertiary/aromatic N) is 1. The van der Waals surface area contributed by atoms with Crippen LogP contribution in [-0.4, -0.2) is 24.3 Å². The summed E-state index contributed by atoms with van der Waals surface area (Å²) in [5, 5.41) is 3.93. The molecule has 1 amide bonds. The largest absolute Gasteiger partial charge is 0.413 e. The van der Waals surface area contributed by atoms with Gasteiger partial charge in [0.2, 0.25) is 0 Å². The molecule has 0 unspecified atom stereocenters. The zero-order valence-corrected chi connectivity index (χ0v) is 11.2. The number of rotatable bonds is 3. The molecule has 5 heteroatoms. The number of aryl methyl sites for hydroxylation is 1. The molecule has 0 aliphatic carbocycles. The van der Waals surface area contributed by atoms with E-state index in [1.165, 1.54) is 7.11 Å². The van der Waals surface area contributed by atoms with E-state index in [0.717, 1.165) is 15.7 Å². The SMILES string of the molecule is CCNC(=O)c1cc2ccc(C)cc2c(=O)n1OC. The summed E-state index contributed by atoms with van der Waals surface area (Å²) in [5.74, 6) is -0.330. The van der Waals surface area contributed by atoms with Crippen LogP contribution in [0.1, 0.15) is 23.0 Å². The lowest BCUT2D eigenvalue weighted by Gasteiger charge is -2.12. The van der Waals surface area contributed by atoms with Gasteiger partial charge >= 0.3 is 0 Å². The van der Waals surface area contributed by atoms with Gasteiger partial charge in [-0.05, 0) is 31.4 Å². The van der Waals surface area contributed by atoms with Gasteiger partial charge in [0.15, 0.2) is 0 Å². The lowest BCUT2D eigenvalue weighted by Crippen LogP contribution is -2.34. The number of carbonyl (C=O) groups excluding carboxylic acids is 1. The average molecular weight is 260 g/mol. The van der Waals surface area contributed by atoms with E-state index in [1.54, 1.807) is 12.1 Å². The third-order valence-electron chi connectivity index (χ3n) is 2.89. The molecule has 5 nitrogen and oxygen atoms in total. The third-order valence-corrected chi connectivity index (χ3v) is 2.89. The van der Waals surface area contributed by atoms with E-state index in [4.69, 9.17) is 4.84 Å². The maximum atomic E-state index is 12.3. The minimum atomic E-state index is -0.330. The highest BCUT2D eigenvalue weighted by Gasteiger charge is 2.15. The minimum Gasteiger partial charge on any atom is -0.413 e. The molecule has 0 atom stereocenters. The molecule has 0 bridgehead atoms. The van der Waals surface area contributed by atoms with Crippen LogP contribution in [0.3, 0.4) is 0 Å². The second-order valence-corrected chi connectivity index (χ2v) is 4.26. The van der Waals surface area contributed by atoms with Crippen LogP contribution in [0, 0.1) is 6.92 Å². The van der Waals surface area contributed by atoms with Crippen molar-refractivity contribution in [3.63, 3.8) is 0 Å². The van der Waals surface area contributed by atoms with Crippen LogP contribution in [0.5, 0.6) is 0 Å². The van der Waals surface area contributed by atoms with E-state index in [0.29, 0.717) is 11.9 Å². The molecular formula is C14H16N2O3. The minimum absolute atomic E-state index is 0.200. The Balaban J connectivity index is 2.75. The van der Waals surface area contributed by atoms with Gasteiger partial charge in [-0.2, -0.15) is 0 Å². The standard InChI is InChI=1S/C14H16N2O3/c1-4-15-13(17)12-8-10-6-5-9(2)7-11(10)14(18)16(12)19-3/h5-8H,4H2,1-3H3,(H,15,17). The molecule has 0 saturated carbocycles. The van der Waals surface area contributed by atoms with Gasteiger partial charge in [0.05, 0.1) is 5.39 Å². The smallest absolute Gasteiger partial charge is 0.291 e. The Labute approximate surface area is 110 Å². The Morgan fingerprint density at radius 1 is 1.37 bits per heavy atom. The second kappa shape index (κ2) is 5.14. The van der Waals surface area contributed by atoms with E-state index in [1.807, 2.05) is 26.0 Å². The number of carbonyl (C=O) groups is 1. The van der Waals surface area contributed by atoms with Crippen molar-refractivity contribution in [3.05, 3.63) is 45.9 Å². The summed E-state index contributed by atoms with van der Waals surface area (Å²) in [6, 6.07) is 7.18. The number of benzene rings is 1. The van der Waals surface area contributed by atoms with Gasteiger partial charge < -0.3 is 10.2 Å². The summed E-state index contributed by atoms with van der Waals surface area (Å²) in [5.41, 5.74) is 0.855. The first-order chi connectivity index (χ1) is 9.08. The number of fused-ring (bicyclic) bond motifs is 1. The molecule has 100 valence electrons. The molecule has 2 rings (SSSR count). The number of aromatic nitrogens is 1. The lowest BCUT2D eigenvalue weighted by molar-refractivity contribution is 0.0886. The second-order valence-electron chi connectivity index (χ2n) is 4.26. The first-order valence-corrected chi connectivity index (χ1v) is 6.07. The molecule has 0 spiro atoms. The van der Waals surface area contributed by atoms with Crippen molar-refractivity contribution in [2.75, 3.05) is 13.7 Å². The Morgan fingerprint density at radius 3 is 2.74 bits per heavy atom. The fraction of sp³-hybridized carbons (Fsp3) is 0.286. The summed E-state index contributed by atoms with van der Waals surface area (Å²) in [6.45, 7) is 4.22. The maximum absolute atomic E-state index is 12.3. The highest BCUT2D eigenvalue weighted by molar-refractivity contribution is 5.96. The van der Waals surface area contributed by atoms with Gasteiger partial charge in [0.25, 0.3) is 11.5 Å². The predicted octanol–water partition coefficient (Wildman–Crippen LogP) is 1.12. The summed E-state index contributed by atoms with van der Waals surface area (Å²) < 4.78 is 1.02. The Bertz CT molecular complexity index is 689. The Hall–Kier alpha value is -2.30. The highest BCUT2D eigenvalue weighted by Crippen LogP contribution is 2.14. The van der Waals surface area contributed by atoms with Gasteiger partial charge in [-0.1, -0.05) is 17.7 Å². The third kappa shape index (κ3) is 2.31. The summed E-state index contributed by atoms with van der Waals surface area (Å²) in [7, 11) is 1.37. The van der Waals surface area contributed by atoms with Crippen molar-refractivity contribution < 1.29 is 9.63 Å². The summed E-state index contributed by atoms with van der Waals surface area (Å²) >= 11 is 0. The zero-order valence-electron chi connectivity index (χ0n) is 11.2. The normalized spacial score (nSPS) is 10.5. The van der Waals surface area contributed by atoms with Gasteiger partial charge in [-0.15, -0.1) is 4.73 Å². The molecule has 0 radical (unpaired) electrons. The van der Waals surface area contributed by atoms with Crippen LogP contribution in [0.4, 0.5) is 0 Å². The monoisotopic (exact) mass is 260 g/mol. The molecular weight excluding hydrogens is 244 g/mol. The maximum Gasteiger partial charge on any atom is 0.291 e. The van der Waals surface area contributed by atoms with E-state index < -0.39 is 0 Å². The van der Waals surface area contributed by atoms with Crippen molar-refractivity contribution in [2.45, 2.75) is 13.8 Å². The van der Waals surface area contributed by atoms with Crippen LogP contribution >= 0.6 is 0 Å². The van der Waals surface area contributed by atoms with Crippen molar-refractivity contribution in [1.29, 1.82) is 0 Å². The Morgan fingerprint density at radius 2 is 2.11 bits per heavy atom. The highest BCUT2D eigenvalue weighted by atomic mass is 16.6. The zero-order chi connectivity index (χ0) is 14.0. The van der Waals surface area contributed by atoms with Crippen molar-refractivity contribution in [3.8, 4) is 0 Å². The molecule has 1 aromatic carbocycles. The molecule has 1 heterocycles. The summed E-state index contributed by atoms with van der Waals surface area (Å²) in [6.07, 6.45) is 0. The lowest BCUT2D eigenvalue weighted by atomic mass is 10.1. The molecule has 0 aliphatic heterocycles. The molecule has 1 aromatic heterocycles. The van der Waals surface area contributed by atoms with Crippen molar-refractivity contribution in [2.24, 2.45) is 0 Å². The van der Waals surface area contributed by atoms with E-state index in [-0.39, 0.29) is 17.2 Å². The molecule has 0 fully saturated rings. The topological polar surface area (TPSA) is 60.3 Å². The summed E-state index contributed by atoms with van der Waals surface area (Å²) in [4.78, 5) is 29.3. The van der Waals surface area contributed by atoms with Gasteiger partial charge in [0.1, 0.15) is 12.8 Å². The van der Waals surface area contributed by atoms with E-state index in [2.05, 4.69) is 5.32 Å². The van der Waals surface area contributed by atoms with Crippen LogP contribution < -0.4 is 15.7 Å². The first-order valence-electron chi connectivity index (χ1n) is 6.07. The van der Waals surface area contributed by atoms with Gasteiger partial charge in [-0.3, -0.25) is 9.59 Å². The van der Waals surface area contributed by atoms with E-state index >= 15 is 0 Å². The van der Waals surface area contributed by atoms with Crippen LogP contribution in [0.2, 0.25) is 0 Å². The van der Waals surface area contributed by atoms with Crippen molar-refractivity contribution >= 4 is 16.7 Å². The fourth-order valence-corrected chi connectivity index (χ4v) is 2.00. The Kier molecular flexibility index (Phi) is 3.55. The number of hydrogen-bond donors (Lipinski definition) is 1. The molecule has 19 heavy (non-hydrogen) atoms. The molecule has 1 N–H and O–H groups in total. The molecule has 2 aromatic rings. The van der Waals surface area contributed by atoms with Crippen LogP contribution in [-0.2, 0) is 0 Å². The number of pyridine rings is 1. The quantitative estimate of drug-likeness (QED) is 0.899. The van der Waals surface area contributed by atoms with E-state index in [9.17, 15) is 9.59 Å². The number of hydrogen-bond acceptors (Lipinski definition) is 3. The van der Waals surface area contributed by atoms with Crippen LogP contribution in [0.25, 0.3) is 10.8 Å². The average Bonchev–Trinajstić information content (AvgIpc) is 2.39. The number of amides is 1. The van der Waals surface area contributed by atoms with Gasteiger partial charge in [-0.25, -0.2) is 0 Å². The van der Waals surface area contributed by atoms with Gasteiger partial charge in [0, 0.05) is 6.54 Å².